The first-order chi connectivity index (χ1) is 7.95. The molecule has 0 bridgehead atoms. The van der Waals surface area contributed by atoms with Crippen LogP contribution in [-0.2, 0) is 4.79 Å². The quantitative estimate of drug-likeness (QED) is 0.809. The van der Waals surface area contributed by atoms with E-state index in [-0.39, 0.29) is 5.57 Å². The van der Waals surface area contributed by atoms with Crippen LogP contribution < -0.4 is 4.90 Å². The first-order valence-electron chi connectivity index (χ1n) is 5.35. The minimum Gasteiger partial charge on any atom is -0.478 e. The molecule has 1 aromatic carbocycles. The Kier molecular flexibility index (Phi) is 4.10. The number of aliphatic carboxylic acids is 1. The second kappa shape index (κ2) is 5.34. The molecule has 0 amide bonds. The van der Waals surface area contributed by atoms with Crippen molar-refractivity contribution in [2.75, 3.05) is 4.90 Å². The molecule has 0 saturated heterocycles. The van der Waals surface area contributed by atoms with E-state index in [1.165, 1.54) is 5.56 Å². The van der Waals surface area contributed by atoms with Crippen molar-refractivity contribution < 1.29 is 9.90 Å². The molecule has 1 rings (SSSR count). The molecule has 0 aliphatic heterocycles. The minimum atomic E-state index is -0.929. The highest BCUT2D eigenvalue weighted by Gasteiger charge is 2.07. The highest BCUT2D eigenvalue weighted by Crippen LogP contribution is 2.22. The van der Waals surface area contributed by atoms with Crippen molar-refractivity contribution in [1.29, 1.82) is 0 Å². The molecule has 3 heteroatoms. The minimum absolute atomic E-state index is 0.268. The number of aryl methyl sites for hydroxylation is 2. The molecule has 0 spiro atoms. The highest BCUT2D eigenvalue weighted by molar-refractivity contribution is 5.86. The average molecular weight is 231 g/mol. The van der Waals surface area contributed by atoms with E-state index >= 15 is 0 Å². The van der Waals surface area contributed by atoms with Gasteiger partial charge in [0.2, 0.25) is 0 Å². The van der Waals surface area contributed by atoms with Gasteiger partial charge in [0, 0.05) is 18.1 Å². The average Bonchev–Trinajstić information content (AvgIpc) is 2.26. The Morgan fingerprint density at radius 3 is 2.53 bits per heavy atom. The first-order valence-corrected chi connectivity index (χ1v) is 5.35. The van der Waals surface area contributed by atoms with Crippen LogP contribution in [0.2, 0.25) is 0 Å². The summed E-state index contributed by atoms with van der Waals surface area (Å²) in [6.45, 7) is 9.27. The van der Waals surface area contributed by atoms with Crippen LogP contribution in [0, 0.1) is 13.8 Å². The number of nitrogens with zero attached hydrogens (tertiary/aromatic N) is 1. The molecule has 90 valence electrons. The van der Waals surface area contributed by atoms with E-state index in [1.54, 1.807) is 24.2 Å². The third kappa shape index (κ3) is 3.21. The summed E-state index contributed by atoms with van der Waals surface area (Å²) in [5.74, 6) is -0.929. The van der Waals surface area contributed by atoms with E-state index in [0.717, 1.165) is 11.3 Å². The van der Waals surface area contributed by atoms with Gasteiger partial charge >= 0.3 is 5.97 Å². The zero-order valence-electron chi connectivity index (χ0n) is 10.4. The van der Waals surface area contributed by atoms with Gasteiger partial charge in [0.25, 0.3) is 0 Å². The molecule has 0 atom stereocenters. The fraction of sp³-hybridized carbons (Fsp3) is 0.214. The van der Waals surface area contributed by atoms with Crippen LogP contribution in [0.1, 0.15) is 18.1 Å². The Balaban J connectivity index is 3.14. The summed E-state index contributed by atoms with van der Waals surface area (Å²) in [4.78, 5) is 12.5. The van der Waals surface area contributed by atoms with Gasteiger partial charge in [-0.15, -0.1) is 0 Å². The molecule has 0 radical (unpaired) electrons. The predicted octanol–water partition coefficient (Wildman–Crippen LogP) is 3.24. The largest absolute Gasteiger partial charge is 0.478 e. The Morgan fingerprint density at radius 1 is 1.41 bits per heavy atom. The van der Waals surface area contributed by atoms with Crippen LogP contribution in [0.5, 0.6) is 0 Å². The van der Waals surface area contributed by atoms with E-state index in [4.69, 9.17) is 5.11 Å². The summed E-state index contributed by atoms with van der Waals surface area (Å²) in [6.07, 6.45) is 3.16. The van der Waals surface area contributed by atoms with Gasteiger partial charge in [-0.3, -0.25) is 0 Å². The van der Waals surface area contributed by atoms with Crippen LogP contribution in [0.4, 0.5) is 5.69 Å². The molecule has 0 aliphatic rings. The maximum absolute atomic E-state index is 10.8. The van der Waals surface area contributed by atoms with Gasteiger partial charge in [-0.05, 0) is 32.4 Å². The van der Waals surface area contributed by atoms with Gasteiger partial charge in [-0.1, -0.05) is 24.3 Å². The van der Waals surface area contributed by atoms with Crippen molar-refractivity contribution >= 4 is 11.7 Å². The third-order valence-corrected chi connectivity index (χ3v) is 2.50. The topological polar surface area (TPSA) is 40.5 Å². The summed E-state index contributed by atoms with van der Waals surface area (Å²) in [6, 6.07) is 6.00. The van der Waals surface area contributed by atoms with Crippen LogP contribution in [0.25, 0.3) is 0 Å². The van der Waals surface area contributed by atoms with Gasteiger partial charge in [0.15, 0.2) is 0 Å². The number of rotatable bonds is 4. The number of carboxylic acid groups (broad SMARTS) is 1. The number of carboxylic acids is 1. The van der Waals surface area contributed by atoms with Gasteiger partial charge in [0.05, 0.1) is 5.57 Å². The van der Waals surface area contributed by atoms with Crippen molar-refractivity contribution in [2.24, 2.45) is 0 Å². The normalized spacial score (nSPS) is 11.1. The number of hydrogen-bond acceptors (Lipinski definition) is 2. The van der Waals surface area contributed by atoms with Crippen LogP contribution >= 0.6 is 0 Å². The fourth-order valence-electron chi connectivity index (χ4n) is 1.58. The molecule has 1 aromatic rings. The standard InChI is InChI=1S/C14H17NO2/c1-5-15(9-12(4)14(16)17)13-7-6-10(2)8-11(13)3/h5-9H,1H2,2-4H3,(H,16,17)/b12-9+. The number of hydrogen-bond donors (Lipinski definition) is 1. The monoisotopic (exact) mass is 231 g/mol. The second-order valence-electron chi connectivity index (χ2n) is 4.00. The molecule has 3 nitrogen and oxygen atoms in total. The Labute approximate surface area is 102 Å². The molecular weight excluding hydrogens is 214 g/mol. The summed E-state index contributed by atoms with van der Waals surface area (Å²) in [5, 5.41) is 8.86. The number of benzene rings is 1. The third-order valence-electron chi connectivity index (χ3n) is 2.50. The zero-order valence-corrected chi connectivity index (χ0v) is 10.4. The zero-order chi connectivity index (χ0) is 13.0. The molecular formula is C14H17NO2. The molecule has 0 aliphatic carbocycles. The van der Waals surface area contributed by atoms with Crippen LogP contribution in [0.3, 0.4) is 0 Å². The van der Waals surface area contributed by atoms with Crippen LogP contribution in [-0.4, -0.2) is 11.1 Å². The lowest BCUT2D eigenvalue weighted by Crippen LogP contribution is -2.11. The molecule has 0 heterocycles. The molecule has 17 heavy (non-hydrogen) atoms. The molecule has 0 unspecified atom stereocenters. The summed E-state index contributed by atoms with van der Waals surface area (Å²) in [7, 11) is 0. The lowest BCUT2D eigenvalue weighted by atomic mass is 10.1. The number of carbonyl (C=O) groups is 1. The van der Waals surface area contributed by atoms with E-state index in [2.05, 4.69) is 12.6 Å². The van der Waals surface area contributed by atoms with Gasteiger partial charge in [-0.2, -0.15) is 0 Å². The smallest absolute Gasteiger partial charge is 0.332 e. The SMILES string of the molecule is C=CN(/C=C(\C)C(=O)O)c1ccc(C)cc1C. The maximum Gasteiger partial charge on any atom is 0.332 e. The predicted molar refractivity (Wildman–Crippen MR) is 70.0 cm³/mol. The van der Waals surface area contributed by atoms with E-state index in [0.29, 0.717) is 0 Å². The van der Waals surface area contributed by atoms with Gasteiger partial charge < -0.3 is 10.0 Å². The van der Waals surface area contributed by atoms with Crippen LogP contribution in [0.15, 0.2) is 42.8 Å². The molecule has 0 aromatic heterocycles. The summed E-state index contributed by atoms with van der Waals surface area (Å²) < 4.78 is 0. The molecule has 0 saturated carbocycles. The van der Waals surface area contributed by atoms with Crippen molar-refractivity contribution in [1.82, 2.24) is 0 Å². The lowest BCUT2D eigenvalue weighted by molar-refractivity contribution is -0.132. The van der Waals surface area contributed by atoms with E-state index in [1.807, 2.05) is 26.0 Å². The summed E-state index contributed by atoms with van der Waals surface area (Å²) in [5.41, 5.74) is 3.46. The Morgan fingerprint density at radius 2 is 2.06 bits per heavy atom. The van der Waals surface area contributed by atoms with E-state index in [9.17, 15) is 4.79 Å². The highest BCUT2D eigenvalue weighted by atomic mass is 16.4. The lowest BCUT2D eigenvalue weighted by Gasteiger charge is -2.18. The van der Waals surface area contributed by atoms with Gasteiger partial charge in [0.1, 0.15) is 0 Å². The first kappa shape index (κ1) is 13.0. The van der Waals surface area contributed by atoms with Gasteiger partial charge in [-0.25, -0.2) is 4.79 Å². The number of anilines is 1. The second-order valence-corrected chi connectivity index (χ2v) is 4.00. The maximum atomic E-state index is 10.8. The van der Waals surface area contributed by atoms with Crippen molar-refractivity contribution in [3.05, 3.63) is 53.9 Å². The van der Waals surface area contributed by atoms with E-state index < -0.39 is 5.97 Å². The van der Waals surface area contributed by atoms with Crippen molar-refractivity contribution in [2.45, 2.75) is 20.8 Å². The summed E-state index contributed by atoms with van der Waals surface area (Å²) >= 11 is 0. The molecule has 1 N–H and O–H groups in total. The molecule has 0 fully saturated rings. The fourth-order valence-corrected chi connectivity index (χ4v) is 1.58. The Hall–Kier alpha value is -2.03. The van der Waals surface area contributed by atoms with Crippen molar-refractivity contribution in [3.63, 3.8) is 0 Å². The van der Waals surface area contributed by atoms with Crippen molar-refractivity contribution in [3.8, 4) is 0 Å². The Bertz CT molecular complexity index is 475.